The van der Waals surface area contributed by atoms with Gasteiger partial charge in [-0.15, -0.1) is 0 Å². The summed E-state index contributed by atoms with van der Waals surface area (Å²) in [4.78, 5) is 19.3. The lowest BCUT2D eigenvalue weighted by atomic mass is 9.77. The van der Waals surface area contributed by atoms with Crippen molar-refractivity contribution in [2.45, 2.75) is 31.9 Å². The van der Waals surface area contributed by atoms with Gasteiger partial charge in [0.2, 0.25) is 5.91 Å². The molecule has 0 atom stereocenters. The second kappa shape index (κ2) is 5.33. The Morgan fingerprint density at radius 3 is 2.62 bits per heavy atom. The molecule has 4 nitrogen and oxygen atoms in total. The maximum absolute atomic E-state index is 12.9. The molecule has 26 heavy (non-hydrogen) atoms. The van der Waals surface area contributed by atoms with Crippen molar-refractivity contribution in [2.24, 2.45) is 0 Å². The molecule has 0 fully saturated rings. The van der Waals surface area contributed by atoms with E-state index in [1.165, 1.54) is 6.07 Å². The van der Waals surface area contributed by atoms with Crippen LogP contribution in [0.5, 0.6) is 0 Å². The molecule has 2 aromatic carbocycles. The third-order valence-corrected chi connectivity index (χ3v) is 4.71. The van der Waals surface area contributed by atoms with E-state index in [4.69, 9.17) is 0 Å². The molecule has 0 aliphatic carbocycles. The highest BCUT2D eigenvalue weighted by molar-refractivity contribution is 5.96. The Labute approximate surface area is 147 Å². The number of aromatic nitrogens is 2. The van der Waals surface area contributed by atoms with Gasteiger partial charge < -0.3 is 10.3 Å². The van der Waals surface area contributed by atoms with Gasteiger partial charge in [0.15, 0.2) is 0 Å². The van der Waals surface area contributed by atoms with E-state index in [-0.39, 0.29) is 16.8 Å². The van der Waals surface area contributed by atoms with Crippen molar-refractivity contribution in [3.63, 3.8) is 0 Å². The van der Waals surface area contributed by atoms with Crippen LogP contribution in [0.15, 0.2) is 36.4 Å². The average Bonchev–Trinajstić information content (AvgIpc) is 2.95. The van der Waals surface area contributed by atoms with Crippen LogP contribution in [-0.2, 0) is 16.4 Å². The smallest absolute Gasteiger partial charge is 0.338 e. The summed E-state index contributed by atoms with van der Waals surface area (Å²) in [7, 11) is 0. The Balaban J connectivity index is 1.79. The Hall–Kier alpha value is -2.83. The van der Waals surface area contributed by atoms with Gasteiger partial charge in [-0.2, -0.15) is 13.2 Å². The van der Waals surface area contributed by atoms with Crippen LogP contribution < -0.4 is 5.32 Å². The standard InChI is InChI=1S/C19H16F3N3O/c1-18(2)9-16(26)23-14-7-10(3-5-12(14)18)17-24-13-6-4-11(19(20,21)22)8-15(13)25-17/h3-8H,9H2,1-2H3,(H,23,26)(H,24,25). The van der Waals surface area contributed by atoms with Gasteiger partial charge in [0.1, 0.15) is 5.82 Å². The van der Waals surface area contributed by atoms with Crippen LogP contribution in [0.2, 0.25) is 0 Å². The second-order valence-electron chi connectivity index (χ2n) is 7.18. The lowest BCUT2D eigenvalue weighted by Crippen LogP contribution is -2.32. The predicted octanol–water partition coefficient (Wildman–Crippen LogP) is 4.87. The summed E-state index contributed by atoms with van der Waals surface area (Å²) in [5.74, 6) is 0.402. The molecule has 1 amide bonds. The summed E-state index contributed by atoms with van der Waals surface area (Å²) >= 11 is 0. The number of halogens is 3. The number of carbonyl (C=O) groups excluding carboxylic acids is 1. The molecular formula is C19H16F3N3O. The van der Waals surface area contributed by atoms with Crippen LogP contribution in [0.1, 0.15) is 31.4 Å². The molecule has 0 unspecified atom stereocenters. The minimum atomic E-state index is -4.41. The first-order valence-corrected chi connectivity index (χ1v) is 8.15. The number of fused-ring (bicyclic) bond motifs is 2. The fourth-order valence-electron chi connectivity index (χ4n) is 3.39. The summed E-state index contributed by atoms with van der Waals surface area (Å²) in [5, 5.41) is 2.86. The van der Waals surface area contributed by atoms with Gasteiger partial charge in [0, 0.05) is 23.1 Å². The number of imidazole rings is 1. The molecule has 0 saturated carbocycles. The molecule has 1 aliphatic heterocycles. The van der Waals surface area contributed by atoms with Crippen LogP contribution >= 0.6 is 0 Å². The summed E-state index contributed by atoms with van der Waals surface area (Å²) in [6, 6.07) is 9.02. The molecule has 0 radical (unpaired) electrons. The molecule has 2 heterocycles. The molecule has 1 aromatic heterocycles. The average molecular weight is 359 g/mol. The van der Waals surface area contributed by atoms with E-state index in [1.807, 2.05) is 26.0 Å². The van der Waals surface area contributed by atoms with E-state index in [0.29, 0.717) is 29.0 Å². The quantitative estimate of drug-likeness (QED) is 0.651. The minimum absolute atomic E-state index is 0.0564. The largest absolute Gasteiger partial charge is 0.416 e. The molecule has 134 valence electrons. The van der Waals surface area contributed by atoms with Crippen molar-refractivity contribution >= 4 is 22.6 Å². The zero-order valence-electron chi connectivity index (χ0n) is 14.2. The number of anilines is 1. The number of hydrogen-bond donors (Lipinski definition) is 2. The van der Waals surface area contributed by atoms with Gasteiger partial charge in [0.25, 0.3) is 0 Å². The SMILES string of the molecule is CC1(C)CC(=O)Nc2cc(-c3nc4cc(C(F)(F)F)ccc4[nH]3)ccc21. The van der Waals surface area contributed by atoms with Crippen molar-refractivity contribution < 1.29 is 18.0 Å². The molecule has 0 spiro atoms. The maximum atomic E-state index is 12.9. The van der Waals surface area contributed by atoms with Gasteiger partial charge in [0.05, 0.1) is 16.6 Å². The number of nitrogens with zero attached hydrogens (tertiary/aromatic N) is 1. The fraction of sp³-hybridized carbons (Fsp3) is 0.263. The third kappa shape index (κ3) is 2.73. The Bertz CT molecular complexity index is 1030. The number of benzene rings is 2. The van der Waals surface area contributed by atoms with Gasteiger partial charge in [-0.25, -0.2) is 4.98 Å². The Morgan fingerprint density at radius 1 is 1.12 bits per heavy atom. The number of aromatic amines is 1. The molecule has 0 bridgehead atoms. The first kappa shape index (κ1) is 16.6. The summed E-state index contributed by atoms with van der Waals surface area (Å²) in [6.45, 7) is 4.01. The van der Waals surface area contributed by atoms with Crippen LogP contribution in [0.4, 0.5) is 18.9 Å². The fourth-order valence-corrected chi connectivity index (χ4v) is 3.39. The van der Waals surface area contributed by atoms with Crippen LogP contribution in [0.3, 0.4) is 0 Å². The molecule has 1 aliphatic rings. The van der Waals surface area contributed by atoms with Gasteiger partial charge in [-0.05, 0) is 29.8 Å². The summed E-state index contributed by atoms with van der Waals surface area (Å²) < 4.78 is 38.6. The van der Waals surface area contributed by atoms with Crippen LogP contribution in [-0.4, -0.2) is 15.9 Å². The lowest BCUT2D eigenvalue weighted by molar-refractivity contribution is -0.137. The van der Waals surface area contributed by atoms with Crippen molar-refractivity contribution in [2.75, 3.05) is 5.32 Å². The Morgan fingerprint density at radius 2 is 1.88 bits per heavy atom. The first-order valence-electron chi connectivity index (χ1n) is 8.15. The molecular weight excluding hydrogens is 343 g/mol. The van der Waals surface area contributed by atoms with E-state index < -0.39 is 11.7 Å². The van der Waals surface area contributed by atoms with E-state index in [9.17, 15) is 18.0 Å². The molecule has 2 N–H and O–H groups in total. The minimum Gasteiger partial charge on any atom is -0.338 e. The molecule has 3 aromatic rings. The topological polar surface area (TPSA) is 57.8 Å². The monoisotopic (exact) mass is 359 g/mol. The molecule has 7 heteroatoms. The number of H-pyrrole nitrogens is 1. The Kier molecular flexibility index (Phi) is 3.41. The maximum Gasteiger partial charge on any atom is 0.416 e. The number of hydrogen-bond acceptors (Lipinski definition) is 2. The predicted molar refractivity (Wildman–Crippen MR) is 92.8 cm³/mol. The highest BCUT2D eigenvalue weighted by Crippen LogP contribution is 2.39. The zero-order valence-corrected chi connectivity index (χ0v) is 14.2. The van der Waals surface area contributed by atoms with Crippen LogP contribution in [0.25, 0.3) is 22.4 Å². The number of alkyl halides is 3. The highest BCUT2D eigenvalue weighted by atomic mass is 19.4. The van der Waals surface area contributed by atoms with E-state index in [0.717, 1.165) is 17.7 Å². The van der Waals surface area contributed by atoms with Gasteiger partial charge in [-0.3, -0.25) is 4.79 Å². The number of amides is 1. The van der Waals surface area contributed by atoms with E-state index >= 15 is 0 Å². The van der Waals surface area contributed by atoms with Crippen molar-refractivity contribution in [1.82, 2.24) is 9.97 Å². The third-order valence-electron chi connectivity index (χ3n) is 4.71. The van der Waals surface area contributed by atoms with Gasteiger partial charge in [-0.1, -0.05) is 26.0 Å². The van der Waals surface area contributed by atoms with Crippen molar-refractivity contribution in [3.8, 4) is 11.4 Å². The van der Waals surface area contributed by atoms with E-state index in [2.05, 4.69) is 15.3 Å². The van der Waals surface area contributed by atoms with Gasteiger partial charge >= 0.3 is 6.18 Å². The highest BCUT2D eigenvalue weighted by Gasteiger charge is 2.32. The number of nitrogens with one attached hydrogen (secondary N) is 2. The lowest BCUT2D eigenvalue weighted by Gasteiger charge is -2.32. The number of rotatable bonds is 1. The van der Waals surface area contributed by atoms with Crippen LogP contribution in [0, 0.1) is 0 Å². The summed E-state index contributed by atoms with van der Waals surface area (Å²) in [5.41, 5.74) is 2.20. The molecule has 4 rings (SSSR count). The van der Waals surface area contributed by atoms with Crippen molar-refractivity contribution in [3.05, 3.63) is 47.5 Å². The zero-order chi connectivity index (χ0) is 18.7. The normalized spacial score (nSPS) is 16.4. The number of carbonyl (C=O) groups is 1. The molecule has 0 saturated heterocycles. The summed E-state index contributed by atoms with van der Waals surface area (Å²) in [6.07, 6.45) is -4.00. The van der Waals surface area contributed by atoms with E-state index in [1.54, 1.807) is 6.07 Å². The van der Waals surface area contributed by atoms with Crippen molar-refractivity contribution in [1.29, 1.82) is 0 Å². The first-order chi connectivity index (χ1) is 12.1. The second-order valence-corrected chi connectivity index (χ2v) is 7.18.